The molecule has 14 N–H and O–H groups in total. The number of hydrogen-bond acceptors (Lipinski definition) is 13. The molecule has 0 aliphatic rings. The summed E-state index contributed by atoms with van der Waals surface area (Å²) in [6, 6.07) is 12.6. The number of para-hydroxylation sites is 1. The van der Waals surface area contributed by atoms with E-state index in [1.807, 2.05) is 36.4 Å². The summed E-state index contributed by atoms with van der Waals surface area (Å²) < 4.78 is 0. The fraction of sp³-hybridized carbons (Fsp3) is 0.400. The summed E-state index contributed by atoms with van der Waals surface area (Å²) in [5, 5.41) is 46.3. The molecule has 0 aliphatic heterocycles. The smallest absolute Gasteiger partial charge is 0.327 e. The number of aromatic nitrogens is 1. The van der Waals surface area contributed by atoms with Gasteiger partial charge in [0.05, 0.1) is 12.1 Å². The molecule has 3 aromatic carbocycles. The molecular weight excluding hydrogens is 891 g/mol. The number of unbranched alkanes of at least 4 members (excludes halogenated alkanes) is 1. The number of nitrogens with one attached hydrogen (secondary N) is 7. The van der Waals surface area contributed by atoms with Crippen LogP contribution < -0.4 is 43.4 Å². The lowest BCUT2D eigenvalue weighted by molar-refractivity contribution is -0.141. The van der Waals surface area contributed by atoms with Crippen LogP contribution in [0, 0.1) is 0 Å². The number of aliphatic carboxylic acids is 1. The predicted molar refractivity (Wildman–Crippen MR) is 253 cm³/mol. The maximum Gasteiger partial charge on any atom is 0.327 e. The van der Waals surface area contributed by atoms with Crippen molar-refractivity contribution in [1.29, 1.82) is 0 Å². The number of aromatic amines is 1. The topological polar surface area (TPSA) is 320 Å². The van der Waals surface area contributed by atoms with E-state index < -0.39 is 89.8 Å². The number of H-pyrrole nitrogens is 1. The van der Waals surface area contributed by atoms with Crippen molar-refractivity contribution in [3.05, 3.63) is 102 Å². The number of fused-ring (bicyclic) bond motifs is 1. The fourth-order valence-electron chi connectivity index (χ4n) is 6.92. The average Bonchev–Trinajstić information content (AvgIpc) is 3.71. The third kappa shape index (κ3) is 15.8. The number of phenols is 1. The van der Waals surface area contributed by atoms with E-state index in [1.54, 1.807) is 24.4 Å². The Morgan fingerprint density at radius 1 is 0.621 bits per heavy atom. The highest BCUT2D eigenvalue weighted by Crippen LogP contribution is 2.20. The predicted octanol–water partition coefficient (Wildman–Crippen LogP) is -0.408. The minimum absolute atomic E-state index is 0.00226. The number of carbonyl (C=O) groups is 7. The van der Waals surface area contributed by atoms with Crippen molar-refractivity contribution >= 4 is 77.6 Å². The van der Waals surface area contributed by atoms with Crippen molar-refractivity contribution in [3.63, 3.8) is 0 Å². The SMILES string of the molecule is C[C@@H](O)[C@H](NC(=O)[C@@H](Cc1c[nH]c2ccccc12)NC(=O)[C@H](CS)NC(=O)[C@@H](N)Cc1ccccc1)C(=O)N[C@@H](CCCCN)C(=O)N[C@@H](Cc1ccc(O)cc1)C(=O)N[C@@H](CS)C(=O)O. The van der Waals surface area contributed by atoms with E-state index >= 15 is 0 Å². The molecule has 0 bridgehead atoms. The number of rotatable bonds is 26. The van der Waals surface area contributed by atoms with Gasteiger partial charge in [-0.3, -0.25) is 28.8 Å². The van der Waals surface area contributed by atoms with Crippen molar-refractivity contribution in [2.75, 3.05) is 18.1 Å². The van der Waals surface area contributed by atoms with Crippen LogP contribution in [0.25, 0.3) is 10.9 Å². The summed E-state index contributed by atoms with van der Waals surface area (Å²) in [5.41, 5.74) is 14.6. The van der Waals surface area contributed by atoms with Gasteiger partial charge in [0.1, 0.15) is 42.0 Å². The average molecular weight is 950 g/mol. The molecule has 1 heterocycles. The summed E-state index contributed by atoms with van der Waals surface area (Å²) in [6.07, 6.45) is 0.821. The van der Waals surface area contributed by atoms with Gasteiger partial charge in [-0.1, -0.05) is 60.7 Å². The molecular formula is C45H59N9O10S2. The normalized spacial score (nSPS) is 14.8. The van der Waals surface area contributed by atoms with E-state index in [4.69, 9.17) is 11.5 Å². The lowest BCUT2D eigenvalue weighted by atomic mass is 10.0. The van der Waals surface area contributed by atoms with E-state index in [0.29, 0.717) is 24.0 Å². The van der Waals surface area contributed by atoms with Crippen LogP contribution in [0.2, 0.25) is 0 Å². The van der Waals surface area contributed by atoms with Gasteiger partial charge < -0.3 is 63.7 Å². The number of thiol groups is 2. The number of aliphatic hydroxyl groups is 1. The first-order valence-electron chi connectivity index (χ1n) is 21.3. The van der Waals surface area contributed by atoms with Gasteiger partial charge in [0.15, 0.2) is 0 Å². The molecule has 0 saturated heterocycles. The second-order valence-corrected chi connectivity index (χ2v) is 16.5. The number of benzene rings is 3. The Kier molecular flexibility index (Phi) is 20.8. The summed E-state index contributed by atoms with van der Waals surface area (Å²) in [5.74, 6) is -6.84. The Balaban J connectivity index is 1.56. The van der Waals surface area contributed by atoms with Crippen LogP contribution in [-0.2, 0) is 52.8 Å². The zero-order valence-electron chi connectivity index (χ0n) is 36.3. The number of aromatic hydroxyl groups is 1. The number of hydrogen-bond donors (Lipinski definition) is 14. The van der Waals surface area contributed by atoms with Gasteiger partial charge in [0, 0.05) is 41.4 Å². The zero-order chi connectivity index (χ0) is 48.3. The standard InChI is InChI=1S/C45H59N9O10S2/c1-25(55)38(44(62)49-33(13-7-8-18-46)40(58)50-34(20-27-14-16-29(56)17-15-27)41(59)53-37(24-66)45(63)64)54-42(60)35(21-28-22-48-32-12-6-5-11-30(28)32)51-43(61)36(23-65)52-39(57)31(47)19-26-9-3-2-4-10-26/h2-6,9-12,14-17,22,25,31,33-38,48,55-56,65-66H,7-8,13,18-21,23-24,46-47H2,1H3,(H,49,62)(H,50,58)(H,51,61)(H,52,57)(H,53,59)(H,54,60)(H,63,64)/t25-,31+,33+,34+,35-,36+,37+,38+/m1/s1. The molecule has 4 rings (SSSR count). The molecule has 0 aliphatic carbocycles. The van der Waals surface area contributed by atoms with Crippen molar-refractivity contribution in [1.82, 2.24) is 36.9 Å². The minimum Gasteiger partial charge on any atom is -0.508 e. The highest BCUT2D eigenvalue weighted by molar-refractivity contribution is 7.80. The van der Waals surface area contributed by atoms with Gasteiger partial charge in [0.25, 0.3) is 0 Å². The summed E-state index contributed by atoms with van der Waals surface area (Å²) in [7, 11) is 0. The highest BCUT2D eigenvalue weighted by Gasteiger charge is 2.35. The van der Waals surface area contributed by atoms with Crippen LogP contribution in [0.15, 0.2) is 85.1 Å². The van der Waals surface area contributed by atoms with Crippen LogP contribution in [-0.4, -0.2) is 128 Å². The molecule has 21 heteroatoms. The van der Waals surface area contributed by atoms with Crippen LogP contribution >= 0.6 is 25.3 Å². The Hall–Kier alpha value is -6.13. The largest absolute Gasteiger partial charge is 0.508 e. The van der Waals surface area contributed by atoms with E-state index in [2.05, 4.69) is 62.1 Å². The van der Waals surface area contributed by atoms with E-state index in [1.165, 1.54) is 31.2 Å². The molecule has 0 unspecified atom stereocenters. The van der Waals surface area contributed by atoms with Crippen molar-refractivity contribution in [2.45, 2.75) is 93.8 Å². The highest BCUT2D eigenvalue weighted by atomic mass is 32.1. The second-order valence-electron chi connectivity index (χ2n) is 15.8. The first-order valence-corrected chi connectivity index (χ1v) is 22.6. The summed E-state index contributed by atoms with van der Waals surface area (Å²) >= 11 is 8.28. The molecule has 8 atom stereocenters. The molecule has 0 fully saturated rings. The van der Waals surface area contributed by atoms with Crippen LogP contribution in [0.4, 0.5) is 0 Å². The second kappa shape index (κ2) is 26.1. The zero-order valence-corrected chi connectivity index (χ0v) is 38.1. The fourth-order valence-corrected chi connectivity index (χ4v) is 7.43. The summed E-state index contributed by atoms with van der Waals surface area (Å²) in [6.45, 7) is 1.49. The van der Waals surface area contributed by atoms with Gasteiger partial charge in [-0.25, -0.2) is 4.79 Å². The number of nitrogens with two attached hydrogens (primary N) is 2. The molecule has 66 heavy (non-hydrogen) atoms. The quantitative estimate of drug-likeness (QED) is 0.0282. The number of phenolic OH excluding ortho intramolecular Hbond substituents is 1. The number of carbonyl (C=O) groups excluding carboxylic acids is 6. The van der Waals surface area contributed by atoms with Crippen molar-refractivity contribution in [2.24, 2.45) is 11.5 Å². The Bertz CT molecular complexity index is 2260. The Morgan fingerprint density at radius 2 is 1.15 bits per heavy atom. The monoisotopic (exact) mass is 949 g/mol. The van der Waals surface area contributed by atoms with E-state index in [9.17, 15) is 48.9 Å². The number of carboxylic acids is 1. The molecule has 356 valence electrons. The Labute approximate surface area is 392 Å². The summed E-state index contributed by atoms with van der Waals surface area (Å²) in [4.78, 5) is 97.6. The molecule has 1 aromatic heterocycles. The van der Waals surface area contributed by atoms with E-state index in [-0.39, 0.29) is 49.5 Å². The number of aliphatic hydroxyl groups excluding tert-OH is 1. The van der Waals surface area contributed by atoms with Crippen molar-refractivity contribution in [3.8, 4) is 5.75 Å². The van der Waals surface area contributed by atoms with Gasteiger partial charge in [-0.05, 0) is 74.0 Å². The lowest BCUT2D eigenvalue weighted by Gasteiger charge is -2.28. The van der Waals surface area contributed by atoms with Gasteiger partial charge in [-0.15, -0.1) is 0 Å². The third-order valence-electron chi connectivity index (χ3n) is 10.6. The van der Waals surface area contributed by atoms with Gasteiger partial charge in [0.2, 0.25) is 35.4 Å². The third-order valence-corrected chi connectivity index (χ3v) is 11.4. The Morgan fingerprint density at radius 3 is 1.77 bits per heavy atom. The van der Waals surface area contributed by atoms with Crippen LogP contribution in [0.1, 0.15) is 42.9 Å². The van der Waals surface area contributed by atoms with E-state index in [0.717, 1.165) is 16.5 Å². The lowest BCUT2D eigenvalue weighted by Crippen LogP contribution is -2.62. The maximum absolute atomic E-state index is 14.3. The van der Waals surface area contributed by atoms with Gasteiger partial charge in [-0.2, -0.15) is 25.3 Å². The molecule has 0 radical (unpaired) electrons. The molecule has 6 amide bonds. The first kappa shape index (κ1) is 52.5. The van der Waals surface area contributed by atoms with Crippen LogP contribution in [0.5, 0.6) is 5.75 Å². The molecule has 19 nitrogen and oxygen atoms in total. The molecule has 0 spiro atoms. The number of amides is 6. The molecule has 4 aromatic rings. The van der Waals surface area contributed by atoms with Gasteiger partial charge >= 0.3 is 5.97 Å². The number of carboxylic acid groups (broad SMARTS) is 1. The van der Waals surface area contributed by atoms with Crippen molar-refractivity contribution < 1.29 is 48.9 Å². The minimum atomic E-state index is -1.69. The maximum atomic E-state index is 14.3. The molecule has 0 saturated carbocycles. The van der Waals surface area contributed by atoms with Crippen LogP contribution in [0.3, 0.4) is 0 Å². The first-order chi connectivity index (χ1) is 31.5.